The topological polar surface area (TPSA) is 105 Å². The third-order valence-electron chi connectivity index (χ3n) is 7.19. The molecule has 1 spiro atoms. The lowest BCUT2D eigenvalue weighted by Crippen LogP contribution is -2.58. The highest BCUT2D eigenvalue weighted by Crippen LogP contribution is 2.60. The zero-order valence-electron chi connectivity index (χ0n) is 19.8. The van der Waals surface area contributed by atoms with E-state index in [9.17, 15) is 19.5 Å². The molecule has 0 saturated carbocycles. The third-order valence-corrected chi connectivity index (χ3v) is 8.04. The summed E-state index contributed by atoms with van der Waals surface area (Å²) in [4.78, 5) is 41.9. The summed E-state index contributed by atoms with van der Waals surface area (Å²) in [6, 6.07) is 8.02. The van der Waals surface area contributed by atoms with Crippen molar-refractivity contribution in [1.82, 2.24) is 10.2 Å². The molecule has 9 heteroatoms. The van der Waals surface area contributed by atoms with Crippen molar-refractivity contribution in [3.8, 4) is 0 Å². The van der Waals surface area contributed by atoms with Crippen LogP contribution < -0.4 is 5.32 Å². The number of amides is 2. The van der Waals surface area contributed by atoms with Gasteiger partial charge in [0.1, 0.15) is 11.6 Å². The fourth-order valence-corrected chi connectivity index (χ4v) is 6.91. The summed E-state index contributed by atoms with van der Waals surface area (Å²) >= 11 is 3.63. The number of rotatable bonds is 9. The summed E-state index contributed by atoms with van der Waals surface area (Å²) in [5.74, 6) is -2.56. The van der Waals surface area contributed by atoms with Gasteiger partial charge in [0.05, 0.1) is 37.2 Å². The van der Waals surface area contributed by atoms with E-state index >= 15 is 0 Å². The molecule has 3 saturated heterocycles. The molecule has 0 radical (unpaired) electrons. The molecule has 2 bridgehead atoms. The molecule has 34 heavy (non-hydrogen) atoms. The van der Waals surface area contributed by atoms with Gasteiger partial charge in [0.15, 0.2) is 0 Å². The van der Waals surface area contributed by atoms with Crippen LogP contribution in [0.4, 0.5) is 0 Å². The van der Waals surface area contributed by atoms with Crippen molar-refractivity contribution in [2.45, 2.75) is 68.8 Å². The third kappa shape index (κ3) is 4.16. The lowest BCUT2D eigenvalue weighted by Gasteiger charge is -2.37. The highest BCUT2D eigenvalue weighted by Gasteiger charge is 2.77. The Hall–Kier alpha value is -1.97. The largest absolute Gasteiger partial charge is 0.466 e. The number of likely N-dealkylation sites (tertiary alicyclic amines) is 1. The number of halogens is 1. The number of nitrogens with zero attached hydrogens (tertiary/aromatic N) is 1. The maximum Gasteiger partial charge on any atom is 0.312 e. The number of carbonyl (C=O) groups excluding carboxylic acids is 3. The van der Waals surface area contributed by atoms with Gasteiger partial charge in [-0.3, -0.25) is 14.4 Å². The second-order valence-corrected chi connectivity index (χ2v) is 11.0. The number of nitrogens with one attached hydrogen (secondary N) is 1. The maximum absolute atomic E-state index is 13.9. The molecule has 1 aromatic rings. The van der Waals surface area contributed by atoms with Gasteiger partial charge in [0.25, 0.3) is 0 Å². The molecular weight excluding hydrogens is 504 g/mol. The number of alkyl halides is 1. The van der Waals surface area contributed by atoms with E-state index in [4.69, 9.17) is 9.47 Å². The zero-order chi connectivity index (χ0) is 24.6. The summed E-state index contributed by atoms with van der Waals surface area (Å²) < 4.78 is 11.7. The first-order valence-electron chi connectivity index (χ1n) is 12.0. The van der Waals surface area contributed by atoms with Crippen LogP contribution in [0.15, 0.2) is 30.3 Å². The Labute approximate surface area is 208 Å². The Balaban J connectivity index is 1.71. The van der Waals surface area contributed by atoms with Crippen LogP contribution in [0.1, 0.15) is 39.2 Å². The van der Waals surface area contributed by atoms with Gasteiger partial charge in [-0.15, -0.1) is 0 Å². The normalized spacial score (nSPS) is 32.7. The van der Waals surface area contributed by atoms with Crippen molar-refractivity contribution in [3.05, 3.63) is 35.9 Å². The monoisotopic (exact) mass is 536 g/mol. The summed E-state index contributed by atoms with van der Waals surface area (Å²) in [6.07, 6.45) is 0.403. The first-order chi connectivity index (χ1) is 16.2. The molecule has 0 aromatic heterocycles. The lowest BCUT2D eigenvalue weighted by atomic mass is 9.70. The van der Waals surface area contributed by atoms with Crippen LogP contribution in [0.3, 0.4) is 0 Å². The molecule has 1 unspecified atom stereocenters. The standard InChI is InChI=1S/C25H33BrN2O6/c1-4-33-24(32)18-19-23(31)28(16(13-29)10-14(2)3)21(25(19)11-17(26)20(18)34-25)22(30)27-12-15-8-6-5-7-9-15/h5-9,14,16-21,29H,4,10-13H2,1-3H3,(H,27,30)/t16-,17?,18-,19+,20-,21-,25+/m1/s1. The van der Waals surface area contributed by atoms with Crippen molar-refractivity contribution in [1.29, 1.82) is 0 Å². The van der Waals surface area contributed by atoms with Crippen molar-refractivity contribution >= 4 is 33.7 Å². The van der Waals surface area contributed by atoms with Gasteiger partial charge in [-0.05, 0) is 31.2 Å². The second kappa shape index (κ2) is 9.95. The smallest absolute Gasteiger partial charge is 0.312 e. The molecule has 3 aliphatic heterocycles. The molecule has 3 heterocycles. The molecule has 2 amide bonds. The minimum absolute atomic E-state index is 0.187. The van der Waals surface area contributed by atoms with E-state index < -0.39 is 41.6 Å². The number of aliphatic hydroxyl groups is 1. The summed E-state index contributed by atoms with van der Waals surface area (Å²) in [6.45, 7) is 5.95. The van der Waals surface area contributed by atoms with Gasteiger partial charge in [-0.1, -0.05) is 60.1 Å². The SMILES string of the molecule is CCOC(=O)[C@H]1[C@@H]2O[C@@]3(CC2Br)[C@@H]1C(=O)N([C@@H](CO)CC(C)C)[C@@H]3C(=O)NCc1ccccc1. The molecule has 4 rings (SSSR count). The van der Waals surface area contributed by atoms with E-state index in [1.54, 1.807) is 6.92 Å². The van der Waals surface area contributed by atoms with Crippen LogP contribution in [0.2, 0.25) is 0 Å². The van der Waals surface area contributed by atoms with Gasteiger partial charge in [0, 0.05) is 11.4 Å². The maximum atomic E-state index is 13.9. The Morgan fingerprint density at radius 1 is 1.32 bits per heavy atom. The molecule has 3 fully saturated rings. The fraction of sp³-hybridized carbons (Fsp3) is 0.640. The highest BCUT2D eigenvalue weighted by molar-refractivity contribution is 9.09. The Kier molecular flexibility index (Phi) is 7.36. The summed E-state index contributed by atoms with van der Waals surface area (Å²) in [7, 11) is 0. The fourth-order valence-electron chi connectivity index (χ4n) is 5.97. The number of hydrogen-bond acceptors (Lipinski definition) is 6. The van der Waals surface area contributed by atoms with E-state index in [2.05, 4.69) is 21.2 Å². The Morgan fingerprint density at radius 3 is 2.65 bits per heavy atom. The number of benzene rings is 1. The number of esters is 1. The van der Waals surface area contributed by atoms with Crippen LogP contribution in [0.25, 0.3) is 0 Å². The number of hydrogen-bond donors (Lipinski definition) is 2. The van der Waals surface area contributed by atoms with E-state index in [0.717, 1.165) is 5.56 Å². The minimum atomic E-state index is -1.15. The molecule has 0 aliphatic carbocycles. The number of aliphatic hydroxyl groups excluding tert-OH is 1. The van der Waals surface area contributed by atoms with Crippen LogP contribution in [0.5, 0.6) is 0 Å². The average Bonchev–Trinajstić information content (AvgIpc) is 3.40. The number of fused-ring (bicyclic) bond motifs is 1. The molecular formula is C25H33BrN2O6. The van der Waals surface area contributed by atoms with Gasteiger partial charge in [-0.2, -0.15) is 0 Å². The van der Waals surface area contributed by atoms with E-state index in [1.807, 2.05) is 44.2 Å². The molecule has 1 aromatic carbocycles. The molecule has 3 aliphatic rings. The van der Waals surface area contributed by atoms with Crippen molar-refractivity contribution in [3.63, 3.8) is 0 Å². The second-order valence-electron chi connectivity index (χ2n) is 9.83. The number of ether oxygens (including phenoxy) is 2. The first kappa shape index (κ1) is 25.1. The molecule has 7 atom stereocenters. The molecule has 186 valence electrons. The summed E-state index contributed by atoms with van der Waals surface area (Å²) in [5, 5.41) is 13.2. The molecule has 2 N–H and O–H groups in total. The Bertz CT molecular complexity index is 927. The van der Waals surface area contributed by atoms with E-state index in [0.29, 0.717) is 19.4 Å². The highest BCUT2D eigenvalue weighted by atomic mass is 79.9. The van der Waals surface area contributed by atoms with E-state index in [-0.39, 0.29) is 35.8 Å². The first-order valence-corrected chi connectivity index (χ1v) is 12.9. The quantitative estimate of drug-likeness (QED) is 0.369. The van der Waals surface area contributed by atoms with Crippen LogP contribution in [-0.4, -0.2) is 69.6 Å². The van der Waals surface area contributed by atoms with Gasteiger partial charge in [-0.25, -0.2) is 0 Å². The predicted molar refractivity (Wildman–Crippen MR) is 128 cm³/mol. The number of carbonyl (C=O) groups is 3. The van der Waals surface area contributed by atoms with Crippen molar-refractivity contribution in [2.75, 3.05) is 13.2 Å². The minimum Gasteiger partial charge on any atom is -0.466 e. The average molecular weight is 537 g/mol. The Morgan fingerprint density at radius 2 is 2.03 bits per heavy atom. The van der Waals surface area contributed by atoms with Crippen molar-refractivity contribution in [2.24, 2.45) is 17.8 Å². The van der Waals surface area contributed by atoms with Gasteiger partial charge < -0.3 is 24.8 Å². The van der Waals surface area contributed by atoms with Crippen molar-refractivity contribution < 1.29 is 29.0 Å². The van der Waals surface area contributed by atoms with Crippen LogP contribution in [-0.2, 0) is 30.4 Å². The van der Waals surface area contributed by atoms with E-state index in [1.165, 1.54) is 4.90 Å². The predicted octanol–water partition coefficient (Wildman–Crippen LogP) is 2.02. The zero-order valence-corrected chi connectivity index (χ0v) is 21.4. The van der Waals surface area contributed by atoms with Gasteiger partial charge >= 0.3 is 5.97 Å². The molecule has 8 nitrogen and oxygen atoms in total. The van der Waals surface area contributed by atoms with Gasteiger partial charge in [0.2, 0.25) is 11.8 Å². The summed E-state index contributed by atoms with van der Waals surface area (Å²) in [5.41, 5.74) is -0.223. The lowest BCUT2D eigenvalue weighted by molar-refractivity contribution is -0.155. The van der Waals surface area contributed by atoms with Crippen LogP contribution >= 0.6 is 15.9 Å². The van der Waals surface area contributed by atoms with Crippen LogP contribution in [0, 0.1) is 17.8 Å².